The van der Waals surface area contributed by atoms with Gasteiger partial charge in [0.1, 0.15) is 5.01 Å². The smallest absolute Gasteiger partial charge is 0.133 e. The lowest BCUT2D eigenvalue weighted by Crippen LogP contribution is -2.22. The van der Waals surface area contributed by atoms with Crippen LogP contribution in [0.4, 0.5) is 0 Å². The Balaban J connectivity index is 1.55. The lowest BCUT2D eigenvalue weighted by Gasteiger charge is -2.16. The minimum absolute atomic E-state index is 0.209. The molecule has 0 aliphatic carbocycles. The molecule has 0 bridgehead atoms. The third-order valence-electron chi connectivity index (χ3n) is 3.73. The van der Waals surface area contributed by atoms with Crippen molar-refractivity contribution in [3.63, 3.8) is 0 Å². The van der Waals surface area contributed by atoms with Crippen LogP contribution in [0.25, 0.3) is 9.88 Å². The highest BCUT2D eigenvalue weighted by atomic mass is 32.1. The first-order chi connectivity index (χ1) is 11.4. The molecule has 2 aromatic heterocycles. The fourth-order valence-corrected chi connectivity index (χ4v) is 4.18. The number of hydrogen-bond donors (Lipinski definition) is 2. The maximum atomic E-state index is 9.29. The van der Waals surface area contributed by atoms with Crippen molar-refractivity contribution in [1.82, 2.24) is 10.3 Å². The molecule has 3 nitrogen and oxygen atoms in total. The second-order valence-corrected chi connectivity index (χ2v) is 7.18. The lowest BCUT2D eigenvalue weighted by atomic mass is 9.96. The van der Waals surface area contributed by atoms with Crippen molar-refractivity contribution in [3.8, 4) is 9.88 Å². The normalized spacial score (nSPS) is 12.4. The van der Waals surface area contributed by atoms with Gasteiger partial charge in [-0.25, -0.2) is 4.98 Å². The second-order valence-electron chi connectivity index (χ2n) is 5.37. The van der Waals surface area contributed by atoms with E-state index in [1.807, 2.05) is 18.2 Å². The minimum atomic E-state index is 0.209. The third kappa shape index (κ3) is 4.48. The van der Waals surface area contributed by atoms with Crippen LogP contribution in [0.1, 0.15) is 23.6 Å². The summed E-state index contributed by atoms with van der Waals surface area (Å²) in [5.41, 5.74) is 2.35. The number of nitrogens with one attached hydrogen (secondary N) is 1. The van der Waals surface area contributed by atoms with Gasteiger partial charge < -0.3 is 10.4 Å². The molecule has 3 rings (SSSR count). The predicted molar refractivity (Wildman–Crippen MR) is 98.0 cm³/mol. The van der Waals surface area contributed by atoms with Gasteiger partial charge in [-0.1, -0.05) is 36.4 Å². The zero-order valence-electron chi connectivity index (χ0n) is 12.8. The highest BCUT2D eigenvalue weighted by Crippen LogP contribution is 2.27. The molecule has 0 radical (unpaired) electrons. The number of hydrogen-bond acceptors (Lipinski definition) is 5. The molecule has 0 aliphatic rings. The van der Waals surface area contributed by atoms with E-state index in [1.54, 1.807) is 22.7 Å². The van der Waals surface area contributed by atoms with Gasteiger partial charge in [-0.3, -0.25) is 0 Å². The first-order valence-electron chi connectivity index (χ1n) is 7.71. The Morgan fingerprint density at radius 2 is 1.96 bits per heavy atom. The first kappa shape index (κ1) is 16.3. The Kier molecular flexibility index (Phi) is 5.93. The van der Waals surface area contributed by atoms with Crippen LogP contribution in [0.3, 0.4) is 0 Å². The van der Waals surface area contributed by atoms with Crippen LogP contribution >= 0.6 is 22.7 Å². The van der Waals surface area contributed by atoms with Crippen molar-refractivity contribution < 1.29 is 5.11 Å². The van der Waals surface area contributed by atoms with Crippen LogP contribution < -0.4 is 5.32 Å². The topological polar surface area (TPSA) is 45.1 Å². The van der Waals surface area contributed by atoms with Gasteiger partial charge in [-0.2, -0.15) is 0 Å². The molecule has 2 heterocycles. The molecule has 1 atom stereocenters. The number of thiazole rings is 1. The minimum Gasteiger partial charge on any atom is -0.396 e. The monoisotopic (exact) mass is 344 g/mol. The second kappa shape index (κ2) is 8.36. The van der Waals surface area contributed by atoms with E-state index in [4.69, 9.17) is 0 Å². The van der Waals surface area contributed by atoms with E-state index < -0.39 is 0 Å². The summed E-state index contributed by atoms with van der Waals surface area (Å²) in [6, 6.07) is 14.5. The van der Waals surface area contributed by atoms with Crippen LogP contribution in [0.15, 0.2) is 53.2 Å². The molecule has 0 saturated heterocycles. The number of benzene rings is 1. The molecule has 0 fully saturated rings. The van der Waals surface area contributed by atoms with E-state index in [-0.39, 0.29) is 6.61 Å². The van der Waals surface area contributed by atoms with E-state index >= 15 is 0 Å². The van der Waals surface area contributed by atoms with Crippen LogP contribution in [0, 0.1) is 0 Å². The Morgan fingerprint density at radius 1 is 1.09 bits per heavy atom. The van der Waals surface area contributed by atoms with E-state index in [1.165, 1.54) is 10.4 Å². The Labute approximate surface area is 144 Å². The summed E-state index contributed by atoms with van der Waals surface area (Å²) in [7, 11) is 0. The Hall–Kier alpha value is -1.53. The number of nitrogens with zero attached hydrogens (tertiary/aromatic N) is 1. The predicted octanol–water partition coefficient (Wildman–Crippen LogP) is 4.13. The molecule has 3 aromatic rings. The molecule has 120 valence electrons. The molecule has 0 aliphatic heterocycles. The van der Waals surface area contributed by atoms with Crippen LogP contribution in [0.5, 0.6) is 0 Å². The Morgan fingerprint density at radius 3 is 2.70 bits per heavy atom. The summed E-state index contributed by atoms with van der Waals surface area (Å²) in [4.78, 5) is 5.91. The molecule has 0 saturated carbocycles. The average molecular weight is 345 g/mol. The van der Waals surface area contributed by atoms with Gasteiger partial charge in [0, 0.05) is 25.1 Å². The molecule has 2 N–H and O–H groups in total. The molecule has 1 unspecified atom stereocenters. The molecule has 0 amide bonds. The van der Waals surface area contributed by atoms with Gasteiger partial charge in [-0.05, 0) is 29.3 Å². The summed E-state index contributed by atoms with van der Waals surface area (Å²) in [5.74, 6) is 0.330. The number of aromatic nitrogens is 1. The molecule has 1 aromatic carbocycles. The first-order valence-corrected chi connectivity index (χ1v) is 9.47. The molecule has 0 spiro atoms. The highest BCUT2D eigenvalue weighted by Gasteiger charge is 2.11. The lowest BCUT2D eigenvalue weighted by molar-refractivity contribution is 0.273. The maximum absolute atomic E-state index is 9.29. The van der Waals surface area contributed by atoms with E-state index in [0.717, 1.165) is 30.2 Å². The number of aliphatic hydroxyl groups excluding tert-OH is 1. The quantitative estimate of drug-likeness (QED) is 0.646. The van der Waals surface area contributed by atoms with Crippen molar-refractivity contribution in [3.05, 3.63) is 64.5 Å². The van der Waals surface area contributed by atoms with Gasteiger partial charge in [0.05, 0.1) is 10.6 Å². The summed E-state index contributed by atoms with van der Waals surface area (Å²) in [5, 5.41) is 18.0. The Bertz CT molecular complexity index is 695. The van der Waals surface area contributed by atoms with Crippen molar-refractivity contribution in [2.75, 3.05) is 13.2 Å². The standard InChI is InChI=1S/C18H20N2OS2/c21-9-8-15(14-5-2-1-3-6-14)11-19-12-16-13-23-18(20-16)17-7-4-10-22-17/h1-7,10,13,15,19,21H,8-9,11-12H2. The zero-order valence-corrected chi connectivity index (χ0v) is 14.4. The largest absolute Gasteiger partial charge is 0.396 e. The molecule has 5 heteroatoms. The number of thiophene rings is 1. The van der Waals surface area contributed by atoms with Gasteiger partial charge in [0.25, 0.3) is 0 Å². The zero-order chi connectivity index (χ0) is 15.9. The molecular formula is C18H20N2OS2. The van der Waals surface area contributed by atoms with E-state index in [9.17, 15) is 5.11 Å². The van der Waals surface area contributed by atoms with Crippen LogP contribution in [-0.4, -0.2) is 23.2 Å². The summed E-state index contributed by atoms with van der Waals surface area (Å²) < 4.78 is 0. The van der Waals surface area contributed by atoms with Crippen molar-refractivity contribution in [2.24, 2.45) is 0 Å². The molecular weight excluding hydrogens is 324 g/mol. The van der Waals surface area contributed by atoms with Crippen LogP contribution in [0.2, 0.25) is 0 Å². The summed E-state index contributed by atoms with van der Waals surface area (Å²) >= 11 is 3.41. The van der Waals surface area contributed by atoms with Crippen molar-refractivity contribution >= 4 is 22.7 Å². The summed E-state index contributed by atoms with van der Waals surface area (Å²) in [6.45, 7) is 1.81. The summed E-state index contributed by atoms with van der Waals surface area (Å²) in [6.07, 6.45) is 0.772. The van der Waals surface area contributed by atoms with Gasteiger partial charge in [-0.15, -0.1) is 22.7 Å². The SMILES string of the molecule is OCCC(CNCc1csc(-c2cccs2)n1)c1ccccc1. The molecule has 23 heavy (non-hydrogen) atoms. The van der Waals surface area contributed by atoms with E-state index in [2.05, 4.69) is 45.3 Å². The van der Waals surface area contributed by atoms with Crippen LogP contribution in [-0.2, 0) is 6.54 Å². The average Bonchev–Trinajstić information content (AvgIpc) is 3.26. The van der Waals surface area contributed by atoms with Crippen molar-refractivity contribution in [1.29, 1.82) is 0 Å². The van der Waals surface area contributed by atoms with Gasteiger partial charge in [0.2, 0.25) is 0 Å². The fourth-order valence-electron chi connectivity index (χ4n) is 2.54. The third-order valence-corrected chi connectivity index (χ3v) is 5.66. The number of rotatable bonds is 8. The van der Waals surface area contributed by atoms with Gasteiger partial charge in [0.15, 0.2) is 0 Å². The number of aliphatic hydroxyl groups is 1. The highest BCUT2D eigenvalue weighted by molar-refractivity contribution is 7.20. The van der Waals surface area contributed by atoms with Crippen molar-refractivity contribution in [2.45, 2.75) is 18.9 Å². The van der Waals surface area contributed by atoms with Gasteiger partial charge >= 0.3 is 0 Å². The van der Waals surface area contributed by atoms with E-state index in [0.29, 0.717) is 5.92 Å². The maximum Gasteiger partial charge on any atom is 0.133 e. The fraction of sp³-hybridized carbons (Fsp3) is 0.278.